The van der Waals surface area contributed by atoms with Crippen LogP contribution in [0.5, 0.6) is 0 Å². The van der Waals surface area contributed by atoms with Crippen LogP contribution in [-0.4, -0.2) is 21.8 Å². The molecule has 0 aliphatic heterocycles. The van der Waals surface area contributed by atoms with Crippen LogP contribution < -0.4 is 0 Å². The Balaban J connectivity index is 1.73. The van der Waals surface area contributed by atoms with Crippen molar-refractivity contribution in [2.24, 2.45) is 0 Å². The first-order valence-electron chi connectivity index (χ1n) is 6.80. The molecule has 21 heavy (non-hydrogen) atoms. The summed E-state index contributed by atoms with van der Waals surface area (Å²) in [6.45, 7) is 0.0745. The minimum Gasteiger partial charge on any atom is -0.459 e. The fourth-order valence-electron chi connectivity index (χ4n) is 2.64. The first-order valence-corrected chi connectivity index (χ1v) is 6.80. The highest BCUT2D eigenvalue weighted by atomic mass is 16.6. The predicted octanol–water partition coefficient (Wildman–Crippen LogP) is 1.75. The minimum atomic E-state index is -1.90. The number of carbonyl (C=O) groups excluding carboxylic acids is 1. The van der Waals surface area contributed by atoms with Crippen LogP contribution in [0, 0.1) is 0 Å². The van der Waals surface area contributed by atoms with E-state index in [-0.39, 0.29) is 13.0 Å². The number of aliphatic hydroxyl groups excluding tert-OH is 1. The molecule has 0 bridgehead atoms. The van der Waals surface area contributed by atoms with E-state index >= 15 is 0 Å². The topological polar surface area (TPSA) is 66.8 Å². The lowest BCUT2D eigenvalue weighted by molar-refractivity contribution is -0.178. The number of benzene rings is 2. The van der Waals surface area contributed by atoms with Crippen molar-refractivity contribution >= 4 is 5.97 Å². The maximum atomic E-state index is 12.2. The molecule has 0 heterocycles. The first-order chi connectivity index (χ1) is 10.1. The van der Waals surface area contributed by atoms with E-state index in [1.54, 1.807) is 18.2 Å². The number of aliphatic hydroxyl groups is 2. The van der Waals surface area contributed by atoms with Crippen LogP contribution in [0.1, 0.15) is 22.8 Å². The van der Waals surface area contributed by atoms with Gasteiger partial charge in [-0.25, -0.2) is 4.79 Å². The molecule has 0 fully saturated rings. The summed E-state index contributed by atoms with van der Waals surface area (Å²) < 4.78 is 5.17. The Morgan fingerprint density at radius 2 is 1.81 bits per heavy atom. The molecule has 108 valence electrons. The highest BCUT2D eigenvalue weighted by molar-refractivity contribution is 5.82. The van der Waals surface area contributed by atoms with Crippen molar-refractivity contribution in [2.45, 2.75) is 24.7 Å². The van der Waals surface area contributed by atoms with Crippen LogP contribution in [-0.2, 0) is 22.6 Å². The number of rotatable bonds is 3. The minimum absolute atomic E-state index is 0.0674. The van der Waals surface area contributed by atoms with Crippen LogP contribution >= 0.6 is 0 Å². The van der Waals surface area contributed by atoms with Crippen molar-refractivity contribution in [3.8, 4) is 0 Å². The molecule has 3 rings (SSSR count). The molecular formula is C17H16O4. The molecule has 1 aliphatic carbocycles. The Labute approximate surface area is 122 Å². The van der Waals surface area contributed by atoms with E-state index in [4.69, 9.17) is 4.74 Å². The summed E-state index contributed by atoms with van der Waals surface area (Å²) in [7, 11) is 0. The van der Waals surface area contributed by atoms with Crippen LogP contribution in [0.25, 0.3) is 0 Å². The van der Waals surface area contributed by atoms with Gasteiger partial charge in [-0.3, -0.25) is 0 Å². The van der Waals surface area contributed by atoms with E-state index in [1.807, 2.05) is 36.4 Å². The largest absolute Gasteiger partial charge is 0.459 e. The lowest BCUT2D eigenvalue weighted by atomic mass is 9.98. The molecule has 1 aliphatic rings. The Morgan fingerprint density at radius 1 is 1.14 bits per heavy atom. The van der Waals surface area contributed by atoms with Gasteiger partial charge >= 0.3 is 5.97 Å². The molecule has 0 spiro atoms. The van der Waals surface area contributed by atoms with E-state index in [2.05, 4.69) is 0 Å². The van der Waals surface area contributed by atoms with Crippen molar-refractivity contribution < 1.29 is 19.7 Å². The van der Waals surface area contributed by atoms with Crippen molar-refractivity contribution in [3.63, 3.8) is 0 Å². The first kappa shape index (κ1) is 13.8. The van der Waals surface area contributed by atoms with Crippen LogP contribution in [0.2, 0.25) is 0 Å². The zero-order chi connectivity index (χ0) is 14.9. The third-order valence-corrected chi connectivity index (χ3v) is 3.83. The van der Waals surface area contributed by atoms with Crippen LogP contribution in [0.3, 0.4) is 0 Å². The van der Waals surface area contributed by atoms with E-state index in [0.717, 1.165) is 11.1 Å². The molecule has 0 saturated carbocycles. The highest BCUT2D eigenvalue weighted by Crippen LogP contribution is 2.39. The third-order valence-electron chi connectivity index (χ3n) is 3.83. The third kappa shape index (κ3) is 2.44. The molecule has 2 aromatic carbocycles. The van der Waals surface area contributed by atoms with E-state index < -0.39 is 17.7 Å². The molecule has 0 aromatic heterocycles. The molecule has 0 unspecified atom stereocenters. The molecule has 2 aromatic rings. The lowest BCUT2D eigenvalue weighted by Crippen LogP contribution is -2.44. The summed E-state index contributed by atoms with van der Waals surface area (Å²) in [5, 5.41) is 20.7. The summed E-state index contributed by atoms with van der Waals surface area (Å²) in [6, 6.07) is 16.3. The zero-order valence-corrected chi connectivity index (χ0v) is 11.4. The van der Waals surface area contributed by atoms with Crippen molar-refractivity contribution in [1.82, 2.24) is 0 Å². The fourth-order valence-corrected chi connectivity index (χ4v) is 2.64. The molecular weight excluding hydrogens is 268 g/mol. The van der Waals surface area contributed by atoms with Gasteiger partial charge in [-0.15, -0.1) is 0 Å². The van der Waals surface area contributed by atoms with Gasteiger partial charge in [0.1, 0.15) is 12.7 Å². The normalized spacial score (nSPS) is 23.6. The van der Waals surface area contributed by atoms with Gasteiger partial charge in [0, 0.05) is 6.42 Å². The van der Waals surface area contributed by atoms with Gasteiger partial charge in [0.2, 0.25) is 0 Å². The van der Waals surface area contributed by atoms with E-state index in [9.17, 15) is 15.0 Å². The standard InChI is InChI=1S/C17H16O4/c18-15-14-9-5-4-8-13(14)10-17(15,20)16(19)21-11-12-6-2-1-3-7-12/h1-9,15,18,20H,10-11H2/t15-,17-/m1/s1. The average molecular weight is 284 g/mol. The summed E-state index contributed by atoms with van der Waals surface area (Å²) >= 11 is 0. The van der Waals surface area contributed by atoms with Crippen molar-refractivity contribution in [1.29, 1.82) is 0 Å². The lowest BCUT2D eigenvalue weighted by Gasteiger charge is -2.24. The number of esters is 1. The van der Waals surface area contributed by atoms with Gasteiger partial charge < -0.3 is 14.9 Å². The number of carbonyl (C=O) groups is 1. The van der Waals surface area contributed by atoms with Gasteiger partial charge in [-0.1, -0.05) is 54.6 Å². The predicted molar refractivity (Wildman–Crippen MR) is 76.3 cm³/mol. The smallest absolute Gasteiger partial charge is 0.341 e. The SMILES string of the molecule is O=C(OCc1ccccc1)[C@@]1(O)Cc2ccccc2[C@H]1O. The second-order valence-corrected chi connectivity index (χ2v) is 5.26. The Bertz CT molecular complexity index is 653. The maximum Gasteiger partial charge on any atom is 0.341 e. The molecule has 4 heteroatoms. The summed E-state index contributed by atoms with van der Waals surface area (Å²) in [5.41, 5.74) is 0.277. The second kappa shape index (κ2) is 5.31. The molecule has 0 amide bonds. The Hall–Kier alpha value is -2.17. The molecule has 2 atom stereocenters. The zero-order valence-electron chi connectivity index (χ0n) is 11.4. The Kier molecular flexibility index (Phi) is 3.49. The van der Waals surface area contributed by atoms with Gasteiger partial charge in [0.05, 0.1) is 0 Å². The highest BCUT2D eigenvalue weighted by Gasteiger charge is 2.51. The molecule has 2 N–H and O–H groups in total. The number of hydrogen-bond acceptors (Lipinski definition) is 4. The molecule has 0 saturated heterocycles. The average Bonchev–Trinajstić information content (AvgIpc) is 2.79. The van der Waals surface area contributed by atoms with Crippen molar-refractivity contribution in [3.05, 3.63) is 71.3 Å². The van der Waals surface area contributed by atoms with E-state index in [1.165, 1.54) is 0 Å². The number of fused-ring (bicyclic) bond motifs is 1. The van der Waals surface area contributed by atoms with Gasteiger partial charge in [-0.2, -0.15) is 0 Å². The Morgan fingerprint density at radius 3 is 2.52 bits per heavy atom. The quantitative estimate of drug-likeness (QED) is 0.843. The summed E-state index contributed by atoms with van der Waals surface area (Å²) in [4.78, 5) is 12.2. The van der Waals surface area contributed by atoms with Gasteiger partial charge in [0.25, 0.3) is 0 Å². The molecule has 0 radical (unpaired) electrons. The van der Waals surface area contributed by atoms with Crippen molar-refractivity contribution in [2.75, 3.05) is 0 Å². The summed E-state index contributed by atoms with van der Waals surface area (Å²) in [5.74, 6) is -0.796. The van der Waals surface area contributed by atoms with Gasteiger partial charge in [-0.05, 0) is 16.7 Å². The van der Waals surface area contributed by atoms with Crippen LogP contribution in [0.4, 0.5) is 0 Å². The maximum absolute atomic E-state index is 12.2. The van der Waals surface area contributed by atoms with E-state index in [0.29, 0.717) is 5.56 Å². The number of ether oxygens (including phenoxy) is 1. The monoisotopic (exact) mass is 284 g/mol. The molecule has 4 nitrogen and oxygen atoms in total. The summed E-state index contributed by atoms with van der Waals surface area (Å²) in [6.07, 6.45) is -1.19. The fraction of sp³-hybridized carbons (Fsp3) is 0.235. The second-order valence-electron chi connectivity index (χ2n) is 5.26. The van der Waals surface area contributed by atoms with Gasteiger partial charge in [0.15, 0.2) is 5.60 Å². The van der Waals surface area contributed by atoms with Crippen LogP contribution in [0.15, 0.2) is 54.6 Å². The number of hydrogen-bond donors (Lipinski definition) is 2.